The zero-order valence-electron chi connectivity index (χ0n) is 17.7. The van der Waals surface area contributed by atoms with E-state index in [1.54, 1.807) is 24.3 Å². The lowest BCUT2D eigenvalue weighted by molar-refractivity contribution is 0.0725. The first-order chi connectivity index (χ1) is 15.9. The van der Waals surface area contributed by atoms with Crippen molar-refractivity contribution >= 4 is 11.9 Å². The number of rotatable bonds is 5. The van der Waals surface area contributed by atoms with Gasteiger partial charge in [0.05, 0.1) is 11.1 Å². The van der Waals surface area contributed by atoms with Crippen molar-refractivity contribution < 1.29 is 29.3 Å². The van der Waals surface area contributed by atoms with Crippen LogP contribution in [-0.2, 0) is 0 Å². The number of carbonyl (C=O) groups excluding carboxylic acids is 2. The van der Waals surface area contributed by atoms with Crippen molar-refractivity contribution in [2.75, 3.05) is 0 Å². The van der Waals surface area contributed by atoms with E-state index in [-0.39, 0.29) is 11.5 Å². The van der Waals surface area contributed by atoms with Gasteiger partial charge in [0.1, 0.15) is 23.0 Å². The summed E-state index contributed by atoms with van der Waals surface area (Å²) in [5, 5.41) is 18.7. The van der Waals surface area contributed by atoms with Crippen LogP contribution in [0.2, 0.25) is 0 Å². The van der Waals surface area contributed by atoms with Crippen molar-refractivity contribution in [2.45, 2.75) is 6.92 Å². The van der Waals surface area contributed by atoms with E-state index in [0.717, 1.165) is 16.7 Å². The van der Waals surface area contributed by atoms with Crippen LogP contribution in [0, 0.1) is 6.92 Å². The molecule has 6 nitrogen and oxygen atoms in total. The van der Waals surface area contributed by atoms with Gasteiger partial charge in [0, 0.05) is 0 Å². The Labute approximate surface area is 190 Å². The molecule has 0 amide bonds. The number of aromatic hydroxyl groups is 2. The maximum Gasteiger partial charge on any atom is 0.343 e. The molecule has 0 saturated heterocycles. The lowest BCUT2D eigenvalue weighted by Gasteiger charge is -2.11. The average molecular weight is 440 g/mol. The number of benzene rings is 4. The summed E-state index contributed by atoms with van der Waals surface area (Å²) in [7, 11) is 0. The van der Waals surface area contributed by atoms with Gasteiger partial charge in [-0.3, -0.25) is 0 Å². The highest BCUT2D eigenvalue weighted by atomic mass is 16.5. The summed E-state index contributed by atoms with van der Waals surface area (Å²) in [4.78, 5) is 24.5. The highest BCUT2D eigenvalue weighted by Crippen LogP contribution is 2.29. The summed E-state index contributed by atoms with van der Waals surface area (Å²) >= 11 is 0. The molecule has 0 fully saturated rings. The first kappa shape index (κ1) is 21.6. The monoisotopic (exact) mass is 440 g/mol. The number of carbonyl (C=O) groups is 2. The van der Waals surface area contributed by atoms with Crippen molar-refractivity contribution in [2.24, 2.45) is 0 Å². The number of phenols is 2. The van der Waals surface area contributed by atoms with Gasteiger partial charge in [-0.25, -0.2) is 9.59 Å². The van der Waals surface area contributed by atoms with Crippen LogP contribution in [0.4, 0.5) is 0 Å². The fraction of sp³-hybridized carbons (Fsp3) is 0.0370. The lowest BCUT2D eigenvalue weighted by atomic mass is 10.0. The van der Waals surface area contributed by atoms with E-state index in [2.05, 4.69) is 0 Å². The van der Waals surface area contributed by atoms with E-state index < -0.39 is 11.9 Å². The van der Waals surface area contributed by atoms with Crippen LogP contribution >= 0.6 is 0 Å². The lowest BCUT2D eigenvalue weighted by Crippen LogP contribution is -2.08. The van der Waals surface area contributed by atoms with E-state index in [0.29, 0.717) is 22.6 Å². The van der Waals surface area contributed by atoms with Crippen LogP contribution in [-0.4, -0.2) is 22.2 Å². The van der Waals surface area contributed by atoms with Crippen LogP contribution in [0.15, 0.2) is 91.0 Å². The highest BCUT2D eigenvalue weighted by molar-refractivity contribution is 5.92. The minimum Gasteiger partial charge on any atom is -0.508 e. The third kappa shape index (κ3) is 5.19. The van der Waals surface area contributed by atoms with Crippen molar-refractivity contribution in [1.29, 1.82) is 0 Å². The molecule has 0 radical (unpaired) electrons. The fourth-order valence-electron chi connectivity index (χ4n) is 3.25. The second-order valence-corrected chi connectivity index (χ2v) is 7.37. The van der Waals surface area contributed by atoms with E-state index in [1.807, 2.05) is 25.1 Å². The minimum atomic E-state index is -0.515. The second-order valence-electron chi connectivity index (χ2n) is 7.37. The van der Waals surface area contributed by atoms with Gasteiger partial charge in [-0.15, -0.1) is 0 Å². The SMILES string of the molecule is Cc1cc(OC(=O)c2ccc(O)cc2)ccc1-c1ccc(OC(=O)c2ccc(O)cc2)cc1. The van der Waals surface area contributed by atoms with E-state index in [9.17, 15) is 19.8 Å². The third-order valence-corrected chi connectivity index (χ3v) is 4.99. The molecule has 0 heterocycles. The third-order valence-electron chi connectivity index (χ3n) is 4.99. The highest BCUT2D eigenvalue weighted by Gasteiger charge is 2.12. The van der Waals surface area contributed by atoms with E-state index >= 15 is 0 Å². The maximum atomic E-state index is 12.3. The summed E-state index contributed by atoms with van der Waals surface area (Å²) in [6.45, 7) is 1.91. The predicted octanol–water partition coefficient (Wildman–Crippen LogP) is 5.51. The van der Waals surface area contributed by atoms with Crippen LogP contribution in [0.25, 0.3) is 11.1 Å². The van der Waals surface area contributed by atoms with Crippen molar-refractivity contribution in [1.82, 2.24) is 0 Å². The molecule has 0 aliphatic rings. The molecule has 6 heteroatoms. The number of hydrogen-bond acceptors (Lipinski definition) is 6. The van der Waals surface area contributed by atoms with Gasteiger partial charge >= 0.3 is 11.9 Å². The van der Waals surface area contributed by atoms with Gasteiger partial charge in [0.25, 0.3) is 0 Å². The van der Waals surface area contributed by atoms with Crippen LogP contribution < -0.4 is 9.47 Å². The summed E-state index contributed by atoms with van der Waals surface area (Å²) in [6, 6.07) is 24.1. The van der Waals surface area contributed by atoms with Crippen LogP contribution in [0.3, 0.4) is 0 Å². The quantitative estimate of drug-likeness (QED) is 0.314. The Hall–Kier alpha value is -4.58. The molecule has 0 aromatic heterocycles. The van der Waals surface area contributed by atoms with Crippen molar-refractivity contribution in [3.05, 3.63) is 108 Å². The molecule has 0 aliphatic carbocycles. The number of esters is 2. The Bertz CT molecular complexity index is 1290. The largest absolute Gasteiger partial charge is 0.508 e. The number of aryl methyl sites for hydroxylation is 1. The van der Waals surface area contributed by atoms with Gasteiger partial charge in [0.15, 0.2) is 0 Å². The second kappa shape index (κ2) is 9.28. The standard InChI is InChI=1S/C27H20O6/c1-17-16-24(33-27(31)20-4-10-22(29)11-5-20)14-15-25(17)18-6-12-23(13-7-18)32-26(30)19-2-8-21(28)9-3-19/h2-16,28-29H,1H3. The first-order valence-corrected chi connectivity index (χ1v) is 10.1. The zero-order valence-corrected chi connectivity index (χ0v) is 17.7. The zero-order chi connectivity index (χ0) is 23.4. The molecule has 4 aromatic carbocycles. The van der Waals surface area contributed by atoms with Gasteiger partial charge in [0.2, 0.25) is 0 Å². The Morgan fingerprint density at radius 3 is 1.55 bits per heavy atom. The molecule has 0 bridgehead atoms. The van der Waals surface area contributed by atoms with E-state index in [1.165, 1.54) is 48.5 Å². The van der Waals surface area contributed by atoms with E-state index in [4.69, 9.17) is 9.47 Å². The van der Waals surface area contributed by atoms with Gasteiger partial charge in [-0.2, -0.15) is 0 Å². The molecule has 33 heavy (non-hydrogen) atoms. The molecule has 0 saturated carbocycles. The molecule has 2 N–H and O–H groups in total. The predicted molar refractivity (Wildman–Crippen MR) is 123 cm³/mol. The normalized spacial score (nSPS) is 10.5. The summed E-state index contributed by atoms with van der Waals surface area (Å²) in [5.74, 6) is -0.0660. The number of phenolic OH excluding ortho intramolecular Hbond substituents is 2. The first-order valence-electron chi connectivity index (χ1n) is 10.1. The van der Waals surface area contributed by atoms with Crippen LogP contribution in [0.5, 0.6) is 23.0 Å². The van der Waals surface area contributed by atoms with Crippen LogP contribution in [0.1, 0.15) is 26.3 Å². The fourth-order valence-corrected chi connectivity index (χ4v) is 3.25. The topological polar surface area (TPSA) is 93.1 Å². The van der Waals surface area contributed by atoms with Crippen molar-refractivity contribution in [3.8, 4) is 34.1 Å². The smallest absolute Gasteiger partial charge is 0.343 e. The Kier molecular flexibility index (Phi) is 6.09. The average Bonchev–Trinajstić information content (AvgIpc) is 2.81. The minimum absolute atomic E-state index is 0.0763. The molecular weight excluding hydrogens is 420 g/mol. The molecule has 164 valence electrons. The van der Waals surface area contributed by atoms with Gasteiger partial charge in [-0.05, 0) is 96.4 Å². The molecule has 4 rings (SSSR count). The summed E-state index contributed by atoms with van der Waals surface area (Å²) < 4.78 is 10.8. The van der Waals surface area contributed by atoms with Gasteiger partial charge < -0.3 is 19.7 Å². The van der Waals surface area contributed by atoms with Crippen molar-refractivity contribution in [3.63, 3.8) is 0 Å². The molecule has 4 aromatic rings. The molecule has 0 unspecified atom stereocenters. The number of hydrogen-bond donors (Lipinski definition) is 2. The molecule has 0 spiro atoms. The Morgan fingerprint density at radius 2 is 1.06 bits per heavy atom. The molecule has 0 atom stereocenters. The number of ether oxygens (including phenoxy) is 2. The Morgan fingerprint density at radius 1 is 0.606 bits per heavy atom. The summed E-state index contributed by atoms with van der Waals surface area (Å²) in [6.07, 6.45) is 0. The van der Waals surface area contributed by atoms with Gasteiger partial charge in [-0.1, -0.05) is 18.2 Å². The molecular formula is C27H20O6. The molecule has 0 aliphatic heterocycles. The Balaban J connectivity index is 1.44. The summed E-state index contributed by atoms with van der Waals surface area (Å²) in [5.41, 5.74) is 3.43. The maximum absolute atomic E-state index is 12.3.